The van der Waals surface area contributed by atoms with E-state index in [1.54, 1.807) is 19.1 Å². The van der Waals surface area contributed by atoms with Crippen LogP contribution >= 0.6 is 31.9 Å². The van der Waals surface area contributed by atoms with Crippen LogP contribution in [0.1, 0.15) is 17.3 Å². The lowest BCUT2D eigenvalue weighted by atomic mass is 10.2. The molecule has 0 aliphatic rings. The third-order valence-electron chi connectivity index (χ3n) is 1.69. The molecule has 0 heterocycles. The number of carbonyl (C=O) groups excluding carboxylic acids is 1. The van der Waals surface area contributed by atoms with Crippen LogP contribution in [0.5, 0.6) is 5.75 Å². The molecule has 0 fully saturated rings. The predicted molar refractivity (Wildman–Crippen MR) is 66.2 cm³/mol. The molecule has 0 aliphatic carbocycles. The van der Waals surface area contributed by atoms with Crippen molar-refractivity contribution in [2.24, 2.45) is 0 Å². The standard InChI is InChI=1S/C11H8Br2O2/c1-3-7(2)15-11-8(6-14)4-9(12)5-10(11)13/h1,4-7H,2H3. The summed E-state index contributed by atoms with van der Waals surface area (Å²) in [6.07, 6.45) is 5.56. The lowest BCUT2D eigenvalue weighted by Crippen LogP contribution is -2.10. The van der Waals surface area contributed by atoms with Crippen LogP contribution in [0, 0.1) is 12.3 Å². The Morgan fingerprint density at radius 3 is 2.73 bits per heavy atom. The lowest BCUT2D eigenvalue weighted by molar-refractivity contribution is 0.111. The van der Waals surface area contributed by atoms with Gasteiger partial charge in [0.25, 0.3) is 0 Å². The first-order valence-corrected chi connectivity index (χ1v) is 5.74. The van der Waals surface area contributed by atoms with Gasteiger partial charge in [-0.15, -0.1) is 6.42 Å². The van der Waals surface area contributed by atoms with E-state index in [4.69, 9.17) is 11.2 Å². The summed E-state index contributed by atoms with van der Waals surface area (Å²) < 4.78 is 6.93. The predicted octanol–water partition coefficient (Wildman–Crippen LogP) is 3.42. The van der Waals surface area contributed by atoms with Crippen molar-refractivity contribution in [1.29, 1.82) is 0 Å². The molecule has 1 aromatic rings. The van der Waals surface area contributed by atoms with Crippen molar-refractivity contribution < 1.29 is 9.53 Å². The highest BCUT2D eigenvalue weighted by Gasteiger charge is 2.11. The lowest BCUT2D eigenvalue weighted by Gasteiger charge is -2.13. The van der Waals surface area contributed by atoms with Crippen LogP contribution in [0.2, 0.25) is 0 Å². The number of benzene rings is 1. The monoisotopic (exact) mass is 330 g/mol. The number of aldehydes is 1. The smallest absolute Gasteiger partial charge is 0.156 e. The second kappa shape index (κ2) is 5.34. The van der Waals surface area contributed by atoms with Gasteiger partial charge < -0.3 is 4.74 Å². The van der Waals surface area contributed by atoms with Gasteiger partial charge in [-0.1, -0.05) is 21.9 Å². The van der Waals surface area contributed by atoms with Crippen LogP contribution in [0.15, 0.2) is 21.1 Å². The highest BCUT2D eigenvalue weighted by molar-refractivity contribution is 9.11. The molecule has 1 atom stereocenters. The number of halogens is 2. The molecule has 0 bridgehead atoms. The Morgan fingerprint density at radius 2 is 2.20 bits per heavy atom. The molecule has 1 unspecified atom stereocenters. The first kappa shape index (κ1) is 12.3. The average molecular weight is 332 g/mol. The van der Waals surface area contributed by atoms with E-state index in [9.17, 15) is 4.79 Å². The highest BCUT2D eigenvalue weighted by Crippen LogP contribution is 2.32. The molecule has 0 spiro atoms. The third-order valence-corrected chi connectivity index (χ3v) is 2.74. The second-order valence-corrected chi connectivity index (χ2v) is 4.62. The van der Waals surface area contributed by atoms with Gasteiger partial charge >= 0.3 is 0 Å². The van der Waals surface area contributed by atoms with Gasteiger partial charge in [0.1, 0.15) is 5.75 Å². The second-order valence-electron chi connectivity index (χ2n) is 2.85. The number of rotatable bonds is 3. The molecule has 1 aromatic carbocycles. The fourth-order valence-electron chi connectivity index (χ4n) is 1.00. The maximum absolute atomic E-state index is 10.8. The van der Waals surface area contributed by atoms with Crippen LogP contribution in [0.4, 0.5) is 0 Å². The van der Waals surface area contributed by atoms with Gasteiger partial charge in [-0.2, -0.15) is 0 Å². The molecule has 78 valence electrons. The molecule has 0 saturated heterocycles. The molecule has 2 nitrogen and oxygen atoms in total. The Morgan fingerprint density at radius 1 is 1.53 bits per heavy atom. The molecule has 0 N–H and O–H groups in total. The summed E-state index contributed by atoms with van der Waals surface area (Å²) in [7, 11) is 0. The van der Waals surface area contributed by atoms with E-state index in [1.165, 1.54) is 0 Å². The third kappa shape index (κ3) is 3.08. The quantitative estimate of drug-likeness (QED) is 0.626. The average Bonchev–Trinajstić information content (AvgIpc) is 2.21. The Bertz CT molecular complexity index is 421. The first-order valence-electron chi connectivity index (χ1n) is 4.15. The molecular formula is C11H8Br2O2. The Balaban J connectivity index is 3.16. The Kier molecular flexibility index (Phi) is 4.37. The van der Waals surface area contributed by atoms with Crippen molar-refractivity contribution in [2.75, 3.05) is 0 Å². The van der Waals surface area contributed by atoms with Crippen molar-refractivity contribution in [3.05, 3.63) is 26.6 Å². The highest BCUT2D eigenvalue weighted by atomic mass is 79.9. The maximum atomic E-state index is 10.8. The van der Waals surface area contributed by atoms with Gasteiger partial charge in [0.15, 0.2) is 12.4 Å². The van der Waals surface area contributed by atoms with Crippen molar-refractivity contribution in [2.45, 2.75) is 13.0 Å². The van der Waals surface area contributed by atoms with E-state index >= 15 is 0 Å². The van der Waals surface area contributed by atoms with Crippen molar-refractivity contribution >= 4 is 38.1 Å². The summed E-state index contributed by atoms with van der Waals surface area (Å²) in [5.41, 5.74) is 0.457. The summed E-state index contributed by atoms with van der Waals surface area (Å²) in [4.78, 5) is 10.8. The molecule has 0 radical (unpaired) electrons. The van der Waals surface area contributed by atoms with Crippen molar-refractivity contribution in [3.8, 4) is 18.1 Å². The minimum atomic E-state index is -0.374. The summed E-state index contributed by atoms with van der Waals surface area (Å²) in [6.45, 7) is 1.74. The van der Waals surface area contributed by atoms with E-state index < -0.39 is 0 Å². The molecule has 0 aromatic heterocycles. The van der Waals surface area contributed by atoms with Crippen LogP contribution in [0.3, 0.4) is 0 Å². The van der Waals surface area contributed by atoms with Crippen molar-refractivity contribution in [1.82, 2.24) is 0 Å². The zero-order valence-electron chi connectivity index (χ0n) is 7.96. The molecule has 0 amide bonds. The number of terminal acetylenes is 1. The van der Waals surface area contributed by atoms with E-state index in [2.05, 4.69) is 37.8 Å². The Hall–Kier alpha value is -0.790. The van der Waals surface area contributed by atoms with E-state index in [0.29, 0.717) is 15.8 Å². The molecule has 0 aliphatic heterocycles. The first-order chi connectivity index (χ1) is 7.08. The zero-order chi connectivity index (χ0) is 11.4. The molecule has 0 saturated carbocycles. The van der Waals surface area contributed by atoms with E-state index in [0.717, 1.165) is 10.8 Å². The van der Waals surface area contributed by atoms with Crippen molar-refractivity contribution in [3.63, 3.8) is 0 Å². The van der Waals surface area contributed by atoms with Crippen LogP contribution in [-0.2, 0) is 0 Å². The molecular weight excluding hydrogens is 324 g/mol. The summed E-state index contributed by atoms with van der Waals surface area (Å²) in [5.74, 6) is 2.91. The normalized spacial score (nSPS) is 11.6. The van der Waals surface area contributed by atoms with Crippen LogP contribution < -0.4 is 4.74 Å². The molecule has 1 rings (SSSR count). The summed E-state index contributed by atoms with van der Waals surface area (Å²) in [6, 6.07) is 3.47. The number of ether oxygens (including phenoxy) is 1. The number of hydrogen-bond donors (Lipinski definition) is 0. The van der Waals surface area contributed by atoms with Gasteiger partial charge in [-0.05, 0) is 35.0 Å². The van der Waals surface area contributed by atoms with Crippen LogP contribution in [0.25, 0.3) is 0 Å². The Labute approximate surface area is 105 Å². The maximum Gasteiger partial charge on any atom is 0.156 e. The number of carbonyl (C=O) groups is 1. The largest absolute Gasteiger partial charge is 0.476 e. The number of hydrogen-bond acceptors (Lipinski definition) is 2. The fourth-order valence-corrected chi connectivity index (χ4v) is 2.35. The van der Waals surface area contributed by atoms with Gasteiger partial charge in [-0.25, -0.2) is 0 Å². The molecule has 15 heavy (non-hydrogen) atoms. The topological polar surface area (TPSA) is 26.3 Å². The SMILES string of the molecule is C#CC(C)Oc1c(Br)cc(Br)cc1C=O. The van der Waals surface area contributed by atoms with Crippen LogP contribution in [-0.4, -0.2) is 12.4 Å². The minimum absolute atomic E-state index is 0.374. The van der Waals surface area contributed by atoms with E-state index in [-0.39, 0.29) is 6.10 Å². The van der Waals surface area contributed by atoms with Gasteiger partial charge in [0, 0.05) is 4.47 Å². The minimum Gasteiger partial charge on any atom is -0.476 e. The molecule has 4 heteroatoms. The van der Waals surface area contributed by atoms with Gasteiger partial charge in [-0.3, -0.25) is 4.79 Å². The van der Waals surface area contributed by atoms with Gasteiger partial charge in [0.05, 0.1) is 10.0 Å². The fraction of sp³-hybridized carbons (Fsp3) is 0.182. The summed E-state index contributed by atoms with van der Waals surface area (Å²) in [5, 5.41) is 0. The van der Waals surface area contributed by atoms with Gasteiger partial charge in [0.2, 0.25) is 0 Å². The van der Waals surface area contributed by atoms with E-state index in [1.807, 2.05) is 0 Å². The zero-order valence-corrected chi connectivity index (χ0v) is 11.1. The summed E-state index contributed by atoms with van der Waals surface area (Å²) >= 11 is 6.60.